The number of thiazole rings is 1. The highest BCUT2D eigenvalue weighted by molar-refractivity contribution is 7.09. The number of nitrogens with one attached hydrogen (secondary N) is 3. The fourth-order valence-corrected chi connectivity index (χ4v) is 3.10. The van der Waals surface area contributed by atoms with Crippen molar-refractivity contribution < 1.29 is 23.9 Å². The summed E-state index contributed by atoms with van der Waals surface area (Å²) in [6.45, 7) is 10.9. The van der Waals surface area contributed by atoms with E-state index in [1.54, 1.807) is 56.7 Å². The van der Waals surface area contributed by atoms with Crippen molar-refractivity contribution in [1.29, 1.82) is 0 Å². The van der Waals surface area contributed by atoms with Gasteiger partial charge >= 0.3 is 12.2 Å². The molecular formula is C22H30N4O5S. The molecule has 0 saturated heterocycles. The summed E-state index contributed by atoms with van der Waals surface area (Å²) in [7, 11) is 0. The van der Waals surface area contributed by atoms with E-state index in [0.717, 1.165) is 4.88 Å². The topological polar surface area (TPSA) is 119 Å². The van der Waals surface area contributed by atoms with Gasteiger partial charge in [-0.3, -0.25) is 15.1 Å². The lowest BCUT2D eigenvalue weighted by Gasteiger charge is -2.31. The zero-order valence-electron chi connectivity index (χ0n) is 19.1. The Labute approximate surface area is 191 Å². The largest absolute Gasteiger partial charge is 0.444 e. The predicted octanol–water partition coefficient (Wildman–Crippen LogP) is 4.77. The molecule has 0 spiro atoms. The zero-order chi connectivity index (χ0) is 23.9. The molecule has 3 N–H and O–H groups in total. The summed E-state index contributed by atoms with van der Waals surface area (Å²) < 4.78 is 10.4. The van der Waals surface area contributed by atoms with Gasteiger partial charge in [0, 0.05) is 17.6 Å². The Bertz CT molecular complexity index is 933. The first-order valence-corrected chi connectivity index (χ1v) is 10.9. The number of benzene rings is 1. The quantitative estimate of drug-likeness (QED) is 0.569. The van der Waals surface area contributed by atoms with Crippen LogP contribution in [0.15, 0.2) is 36.0 Å². The Hall–Kier alpha value is -3.14. The molecule has 1 heterocycles. The molecule has 32 heavy (non-hydrogen) atoms. The van der Waals surface area contributed by atoms with Gasteiger partial charge in [-0.1, -0.05) is 26.8 Å². The van der Waals surface area contributed by atoms with Crippen LogP contribution in [0.5, 0.6) is 0 Å². The number of hydrogen-bond acceptors (Lipinski definition) is 7. The molecule has 2 rings (SSSR count). The first-order chi connectivity index (χ1) is 14.8. The van der Waals surface area contributed by atoms with E-state index < -0.39 is 35.2 Å². The minimum atomic E-state index is -0.849. The highest BCUT2D eigenvalue weighted by Crippen LogP contribution is 2.23. The average molecular weight is 463 g/mol. The number of ether oxygens (including phenoxy) is 2. The number of alkyl carbamates (subject to hydrolysis) is 1. The smallest absolute Gasteiger partial charge is 0.411 e. The summed E-state index contributed by atoms with van der Waals surface area (Å²) in [6, 6.07) is 5.78. The van der Waals surface area contributed by atoms with E-state index in [9.17, 15) is 14.4 Å². The van der Waals surface area contributed by atoms with Crippen LogP contribution in [0.2, 0.25) is 0 Å². The van der Waals surface area contributed by atoms with E-state index in [0.29, 0.717) is 11.4 Å². The van der Waals surface area contributed by atoms with Gasteiger partial charge in [0.05, 0.1) is 10.4 Å². The van der Waals surface area contributed by atoms with Crippen molar-refractivity contribution in [1.82, 2.24) is 10.3 Å². The molecule has 0 aliphatic heterocycles. The van der Waals surface area contributed by atoms with Crippen molar-refractivity contribution in [3.63, 3.8) is 0 Å². The molecule has 1 aromatic carbocycles. The Balaban J connectivity index is 2.00. The molecule has 0 fully saturated rings. The molecule has 3 amide bonds. The second-order valence-electron chi connectivity index (χ2n) is 9.18. The Morgan fingerprint density at radius 2 is 1.69 bits per heavy atom. The second kappa shape index (κ2) is 10.4. The molecule has 0 bridgehead atoms. The maximum absolute atomic E-state index is 12.9. The molecule has 0 aliphatic rings. The highest BCUT2D eigenvalue weighted by Gasteiger charge is 2.34. The molecular weight excluding hydrogens is 432 g/mol. The number of nitrogens with zero attached hydrogens (tertiary/aromatic N) is 1. The Morgan fingerprint density at radius 1 is 1.03 bits per heavy atom. The first kappa shape index (κ1) is 25.1. The van der Waals surface area contributed by atoms with E-state index in [2.05, 4.69) is 20.9 Å². The lowest BCUT2D eigenvalue weighted by molar-refractivity contribution is -0.120. The van der Waals surface area contributed by atoms with Crippen molar-refractivity contribution in [3.05, 3.63) is 40.8 Å². The fraction of sp³-hybridized carbons (Fsp3) is 0.455. The van der Waals surface area contributed by atoms with Gasteiger partial charge in [0.15, 0.2) is 0 Å². The van der Waals surface area contributed by atoms with Gasteiger partial charge in [-0.05, 0) is 44.4 Å². The SMILES string of the molecule is CC(C)(C)OC(=O)N[C@H](C(=O)Nc1cccc(NC(=O)OCc2cncs2)c1)C(C)(C)C. The molecule has 1 atom stereocenters. The first-order valence-electron chi connectivity index (χ1n) is 10.0. The third-order valence-electron chi connectivity index (χ3n) is 3.99. The van der Waals surface area contributed by atoms with Crippen LogP contribution in [0.3, 0.4) is 0 Å². The highest BCUT2D eigenvalue weighted by atomic mass is 32.1. The minimum absolute atomic E-state index is 0.122. The van der Waals surface area contributed by atoms with Gasteiger partial charge in [0.25, 0.3) is 0 Å². The molecule has 174 valence electrons. The molecule has 0 aliphatic carbocycles. The van der Waals surface area contributed by atoms with Gasteiger partial charge in [-0.15, -0.1) is 11.3 Å². The van der Waals surface area contributed by atoms with E-state index in [4.69, 9.17) is 9.47 Å². The maximum Gasteiger partial charge on any atom is 0.411 e. The Kier molecular flexibility index (Phi) is 8.20. The summed E-state index contributed by atoms with van der Waals surface area (Å²) in [5, 5.41) is 8.04. The molecule has 10 heteroatoms. The number of rotatable bonds is 6. The number of aromatic nitrogens is 1. The van der Waals surface area contributed by atoms with Gasteiger partial charge < -0.3 is 20.1 Å². The van der Waals surface area contributed by atoms with E-state index in [1.807, 2.05) is 20.8 Å². The molecule has 1 aromatic heterocycles. The molecule has 0 radical (unpaired) electrons. The summed E-state index contributed by atoms with van der Waals surface area (Å²) in [6.07, 6.45) is 0.332. The van der Waals surface area contributed by atoms with Crippen molar-refractivity contribution in [3.8, 4) is 0 Å². The van der Waals surface area contributed by atoms with Crippen LogP contribution in [0.1, 0.15) is 46.4 Å². The van der Waals surface area contributed by atoms with E-state index >= 15 is 0 Å². The molecule has 0 saturated carbocycles. The van der Waals surface area contributed by atoms with Crippen LogP contribution < -0.4 is 16.0 Å². The van der Waals surface area contributed by atoms with Crippen molar-refractivity contribution in [2.45, 2.75) is 59.8 Å². The third-order valence-corrected chi connectivity index (χ3v) is 4.75. The minimum Gasteiger partial charge on any atom is -0.444 e. The van der Waals surface area contributed by atoms with Gasteiger partial charge in [-0.2, -0.15) is 0 Å². The molecule has 9 nitrogen and oxygen atoms in total. The Morgan fingerprint density at radius 3 is 2.25 bits per heavy atom. The third kappa shape index (κ3) is 8.54. The fourth-order valence-electron chi connectivity index (χ4n) is 2.59. The van der Waals surface area contributed by atoms with Crippen LogP contribution in [-0.4, -0.2) is 34.7 Å². The second-order valence-corrected chi connectivity index (χ2v) is 10.2. The zero-order valence-corrected chi connectivity index (χ0v) is 20.0. The summed E-state index contributed by atoms with van der Waals surface area (Å²) >= 11 is 1.39. The number of anilines is 2. The number of amides is 3. The van der Waals surface area contributed by atoms with Crippen LogP contribution in [0, 0.1) is 5.41 Å². The summed E-state index contributed by atoms with van der Waals surface area (Å²) in [4.78, 5) is 41.9. The predicted molar refractivity (Wildman–Crippen MR) is 124 cm³/mol. The van der Waals surface area contributed by atoms with E-state index in [1.165, 1.54) is 11.3 Å². The number of hydrogen-bond donors (Lipinski definition) is 3. The lowest BCUT2D eigenvalue weighted by atomic mass is 9.86. The summed E-state index contributed by atoms with van der Waals surface area (Å²) in [5.41, 5.74) is 1.31. The average Bonchev–Trinajstić information content (AvgIpc) is 3.16. The van der Waals surface area contributed by atoms with Gasteiger partial charge in [0.1, 0.15) is 18.2 Å². The number of carbonyl (C=O) groups is 3. The van der Waals surface area contributed by atoms with Crippen molar-refractivity contribution in [2.24, 2.45) is 5.41 Å². The molecule has 2 aromatic rings. The molecule has 0 unspecified atom stereocenters. The van der Waals surface area contributed by atoms with Crippen molar-refractivity contribution in [2.75, 3.05) is 10.6 Å². The standard InChI is InChI=1S/C22H30N4O5S/c1-21(2,3)17(26-20(29)31-22(4,5)6)18(27)24-14-8-7-9-15(10-14)25-19(28)30-12-16-11-23-13-32-16/h7-11,13,17H,12H2,1-6H3,(H,24,27)(H,25,28)(H,26,29)/t17-/m1/s1. The summed E-state index contributed by atoms with van der Waals surface area (Å²) in [5.74, 6) is -0.409. The number of carbonyl (C=O) groups excluding carboxylic acids is 3. The monoisotopic (exact) mass is 462 g/mol. The van der Waals surface area contributed by atoms with Gasteiger partial charge in [0.2, 0.25) is 5.91 Å². The van der Waals surface area contributed by atoms with Crippen molar-refractivity contribution >= 4 is 40.8 Å². The van der Waals surface area contributed by atoms with Crippen LogP contribution in [0.4, 0.5) is 21.0 Å². The van der Waals surface area contributed by atoms with Crippen LogP contribution in [-0.2, 0) is 20.9 Å². The van der Waals surface area contributed by atoms with Crippen LogP contribution >= 0.6 is 11.3 Å². The van der Waals surface area contributed by atoms with E-state index in [-0.39, 0.29) is 6.61 Å². The van der Waals surface area contributed by atoms with Gasteiger partial charge in [-0.25, -0.2) is 9.59 Å². The lowest BCUT2D eigenvalue weighted by Crippen LogP contribution is -2.52. The normalized spacial score (nSPS) is 12.4. The maximum atomic E-state index is 12.9. The van der Waals surface area contributed by atoms with Crippen LogP contribution in [0.25, 0.3) is 0 Å².